The van der Waals surface area contributed by atoms with Crippen molar-refractivity contribution in [3.05, 3.63) is 101 Å². The molecule has 1 amide bonds. The van der Waals surface area contributed by atoms with Gasteiger partial charge in [-0.2, -0.15) is 0 Å². The number of hydrogen-bond acceptors (Lipinski definition) is 2. The molecule has 1 heterocycles. The molecule has 1 aliphatic rings. The van der Waals surface area contributed by atoms with Crippen LogP contribution in [0.3, 0.4) is 0 Å². The number of halogens is 2. The molecule has 1 saturated carbocycles. The first-order valence-electron chi connectivity index (χ1n) is 11.0. The molecule has 33 heavy (non-hydrogen) atoms. The first-order valence-corrected chi connectivity index (χ1v) is 11.0. The summed E-state index contributed by atoms with van der Waals surface area (Å²) in [5, 5.41) is 3.69. The number of carbonyl (C=O) groups is 1. The molecule has 3 aromatic carbocycles. The Morgan fingerprint density at radius 2 is 1.85 bits per heavy atom. The van der Waals surface area contributed by atoms with Crippen LogP contribution in [0, 0.1) is 17.6 Å². The lowest BCUT2D eigenvalue weighted by Gasteiger charge is -2.31. The molecule has 1 fully saturated rings. The molecule has 1 aliphatic carbocycles. The number of anilines is 1. The van der Waals surface area contributed by atoms with Crippen molar-refractivity contribution in [3.8, 4) is 0 Å². The van der Waals surface area contributed by atoms with Crippen LogP contribution in [0.1, 0.15) is 36.5 Å². The average Bonchev–Trinajstić information content (AvgIpc) is 3.57. The molecular formula is C27H24F2N2O2. The second-order valence-electron chi connectivity index (χ2n) is 8.72. The molecule has 2 N–H and O–H groups in total. The maximum absolute atomic E-state index is 14.9. The van der Waals surface area contributed by atoms with Crippen LogP contribution < -0.4 is 5.32 Å². The van der Waals surface area contributed by atoms with Gasteiger partial charge in [0, 0.05) is 23.1 Å². The van der Waals surface area contributed by atoms with E-state index >= 15 is 0 Å². The number of aromatic nitrogens is 1. The van der Waals surface area contributed by atoms with E-state index in [4.69, 9.17) is 4.74 Å². The quantitative estimate of drug-likeness (QED) is 0.338. The van der Waals surface area contributed by atoms with Crippen LogP contribution in [0.2, 0.25) is 0 Å². The van der Waals surface area contributed by atoms with Gasteiger partial charge in [0.25, 0.3) is 0 Å². The van der Waals surface area contributed by atoms with Crippen molar-refractivity contribution in [2.45, 2.75) is 31.8 Å². The summed E-state index contributed by atoms with van der Waals surface area (Å²) in [6, 6.07) is 18.8. The normalized spacial score (nSPS) is 15.2. The molecule has 4 aromatic rings. The molecule has 0 bridgehead atoms. The zero-order valence-corrected chi connectivity index (χ0v) is 18.2. The van der Waals surface area contributed by atoms with Crippen molar-refractivity contribution in [1.29, 1.82) is 0 Å². The zero-order valence-electron chi connectivity index (χ0n) is 18.2. The van der Waals surface area contributed by atoms with E-state index in [2.05, 4.69) is 10.3 Å². The second-order valence-corrected chi connectivity index (χ2v) is 8.72. The second kappa shape index (κ2) is 8.35. The fraction of sp³-hybridized carbons (Fsp3) is 0.222. The van der Waals surface area contributed by atoms with Gasteiger partial charge in [0.1, 0.15) is 18.2 Å². The molecule has 1 unspecified atom stereocenters. The lowest BCUT2D eigenvalue weighted by molar-refractivity contribution is 0.155. The predicted molar refractivity (Wildman–Crippen MR) is 124 cm³/mol. The average molecular weight is 446 g/mol. The summed E-state index contributed by atoms with van der Waals surface area (Å²) >= 11 is 0. The number of ether oxygens (including phenoxy) is 1. The lowest BCUT2D eigenvalue weighted by atomic mass is 9.72. The van der Waals surface area contributed by atoms with Gasteiger partial charge >= 0.3 is 6.09 Å². The number of nitrogens with one attached hydrogen (secondary N) is 2. The van der Waals surface area contributed by atoms with Gasteiger partial charge in [-0.15, -0.1) is 0 Å². The summed E-state index contributed by atoms with van der Waals surface area (Å²) in [6.07, 6.45) is 3.26. The number of hydrogen-bond donors (Lipinski definition) is 2. The minimum absolute atomic E-state index is 0.169. The van der Waals surface area contributed by atoms with E-state index in [-0.39, 0.29) is 12.5 Å². The molecule has 0 radical (unpaired) electrons. The SMILES string of the molecule is CC(c1ccc(F)cc1F)(c1c[nH]c2c(NC(=O)OCc3ccccc3)cccc12)C1CC1. The minimum Gasteiger partial charge on any atom is -0.444 e. The third kappa shape index (κ3) is 3.97. The third-order valence-electron chi connectivity index (χ3n) is 6.61. The van der Waals surface area contributed by atoms with Gasteiger partial charge in [0.2, 0.25) is 0 Å². The van der Waals surface area contributed by atoms with Gasteiger partial charge in [-0.1, -0.05) is 55.5 Å². The molecule has 168 valence electrons. The van der Waals surface area contributed by atoms with Gasteiger partial charge in [-0.3, -0.25) is 5.32 Å². The Kier molecular flexibility index (Phi) is 5.36. The van der Waals surface area contributed by atoms with E-state index in [9.17, 15) is 13.6 Å². The van der Waals surface area contributed by atoms with Crippen LogP contribution in [0.15, 0.2) is 72.9 Å². The van der Waals surface area contributed by atoms with Crippen LogP contribution >= 0.6 is 0 Å². The van der Waals surface area contributed by atoms with E-state index in [1.165, 1.54) is 6.07 Å². The number of H-pyrrole nitrogens is 1. The minimum atomic E-state index is -0.623. The molecule has 6 heteroatoms. The summed E-state index contributed by atoms with van der Waals surface area (Å²) in [5.74, 6) is -0.879. The first kappa shape index (κ1) is 21.2. The van der Waals surface area contributed by atoms with Crippen LogP contribution in [-0.2, 0) is 16.8 Å². The molecule has 0 aliphatic heterocycles. The van der Waals surface area contributed by atoms with Crippen molar-refractivity contribution < 1.29 is 18.3 Å². The fourth-order valence-corrected chi connectivity index (χ4v) is 4.71. The standard InChI is InChI=1S/C27H24F2N2O2/c1-27(18-10-11-18,21-13-12-19(28)14-23(21)29)22-15-30-25-20(22)8-5-9-24(25)31-26(32)33-16-17-6-3-2-4-7-17/h2-9,12-15,18,30H,10-11,16H2,1H3,(H,31,32). The summed E-state index contributed by atoms with van der Waals surface area (Å²) < 4.78 is 33.8. The smallest absolute Gasteiger partial charge is 0.412 e. The van der Waals surface area contributed by atoms with Gasteiger partial charge < -0.3 is 9.72 Å². The monoisotopic (exact) mass is 446 g/mol. The Labute approximate surface area is 190 Å². The highest BCUT2D eigenvalue weighted by atomic mass is 19.1. The Hall–Kier alpha value is -3.67. The van der Waals surface area contributed by atoms with Gasteiger partial charge in [-0.25, -0.2) is 13.6 Å². The van der Waals surface area contributed by atoms with Gasteiger partial charge in [0.15, 0.2) is 0 Å². The Balaban J connectivity index is 1.46. The van der Waals surface area contributed by atoms with Crippen LogP contribution in [0.4, 0.5) is 19.3 Å². The van der Waals surface area contributed by atoms with Gasteiger partial charge in [-0.05, 0) is 47.6 Å². The third-order valence-corrected chi connectivity index (χ3v) is 6.61. The maximum atomic E-state index is 14.9. The van der Waals surface area contributed by atoms with Crippen molar-refractivity contribution >= 4 is 22.7 Å². The lowest BCUT2D eigenvalue weighted by Crippen LogP contribution is -2.27. The van der Waals surface area contributed by atoms with E-state index in [1.807, 2.05) is 55.6 Å². The molecule has 4 nitrogen and oxygen atoms in total. The van der Waals surface area contributed by atoms with Crippen molar-refractivity contribution in [2.24, 2.45) is 5.92 Å². The number of fused-ring (bicyclic) bond motifs is 1. The van der Waals surface area contributed by atoms with Crippen molar-refractivity contribution in [3.63, 3.8) is 0 Å². The largest absolute Gasteiger partial charge is 0.444 e. The highest BCUT2D eigenvalue weighted by Gasteiger charge is 2.46. The predicted octanol–water partition coefficient (Wildman–Crippen LogP) is 6.91. The summed E-state index contributed by atoms with van der Waals surface area (Å²) in [7, 11) is 0. The van der Waals surface area contributed by atoms with Crippen molar-refractivity contribution in [2.75, 3.05) is 5.32 Å². The molecule has 5 rings (SSSR count). The Bertz CT molecular complexity index is 1310. The number of rotatable bonds is 6. The fourth-order valence-electron chi connectivity index (χ4n) is 4.71. The molecule has 0 spiro atoms. The van der Waals surface area contributed by atoms with E-state index in [0.29, 0.717) is 11.3 Å². The number of amides is 1. The van der Waals surface area contributed by atoms with Crippen LogP contribution in [0.5, 0.6) is 0 Å². The number of benzene rings is 3. The Morgan fingerprint density at radius 3 is 2.58 bits per heavy atom. The number of aromatic amines is 1. The Morgan fingerprint density at radius 1 is 1.06 bits per heavy atom. The molecular weight excluding hydrogens is 422 g/mol. The summed E-state index contributed by atoms with van der Waals surface area (Å²) in [4.78, 5) is 15.7. The highest BCUT2D eigenvalue weighted by Crippen LogP contribution is 2.53. The molecule has 0 saturated heterocycles. The van der Waals surface area contributed by atoms with Crippen LogP contribution in [-0.4, -0.2) is 11.1 Å². The van der Waals surface area contributed by atoms with Gasteiger partial charge in [0.05, 0.1) is 11.2 Å². The van der Waals surface area contributed by atoms with Crippen molar-refractivity contribution in [1.82, 2.24) is 4.98 Å². The number of para-hydroxylation sites is 1. The van der Waals surface area contributed by atoms with E-state index in [0.717, 1.165) is 40.9 Å². The van der Waals surface area contributed by atoms with Crippen LogP contribution in [0.25, 0.3) is 10.9 Å². The number of carbonyl (C=O) groups excluding carboxylic acids is 1. The van der Waals surface area contributed by atoms with E-state index < -0.39 is 23.1 Å². The first-order chi connectivity index (χ1) is 16.0. The van der Waals surface area contributed by atoms with E-state index in [1.54, 1.807) is 12.1 Å². The highest BCUT2D eigenvalue weighted by molar-refractivity contribution is 6.00. The summed E-state index contributed by atoms with van der Waals surface area (Å²) in [6.45, 7) is 2.18. The topological polar surface area (TPSA) is 54.1 Å². The molecule has 1 aromatic heterocycles. The maximum Gasteiger partial charge on any atom is 0.412 e. The zero-order chi connectivity index (χ0) is 23.0. The molecule has 1 atom stereocenters. The summed E-state index contributed by atoms with van der Waals surface area (Å²) in [5.41, 5.74) is 2.99.